The lowest BCUT2D eigenvalue weighted by Gasteiger charge is -2.24. The van der Waals surface area contributed by atoms with Crippen LogP contribution in [0.15, 0.2) is 0 Å². The van der Waals surface area contributed by atoms with Crippen LogP contribution in [0.25, 0.3) is 0 Å². The van der Waals surface area contributed by atoms with E-state index in [2.05, 4.69) is 18.7 Å². The highest BCUT2D eigenvalue weighted by Gasteiger charge is 2.12. The predicted octanol–water partition coefficient (Wildman–Crippen LogP) is 3.76. The average molecular weight is 259 g/mol. The summed E-state index contributed by atoms with van der Waals surface area (Å²) in [7, 11) is 0. The third-order valence-electron chi connectivity index (χ3n) is 3.31. The molecule has 2 nitrogen and oxygen atoms in total. The molecular formula is C14H29NOS. The van der Waals surface area contributed by atoms with E-state index in [1.54, 1.807) is 0 Å². The highest BCUT2D eigenvalue weighted by molar-refractivity contribution is 7.99. The van der Waals surface area contributed by atoms with Gasteiger partial charge in [0.2, 0.25) is 0 Å². The summed E-state index contributed by atoms with van der Waals surface area (Å²) in [6.07, 6.45) is 8.42. The van der Waals surface area contributed by atoms with Crippen molar-refractivity contribution >= 4 is 11.8 Å². The van der Waals surface area contributed by atoms with Crippen LogP contribution in [0.4, 0.5) is 0 Å². The van der Waals surface area contributed by atoms with Gasteiger partial charge in [0.15, 0.2) is 0 Å². The van der Waals surface area contributed by atoms with E-state index >= 15 is 0 Å². The largest absolute Gasteiger partial charge is 0.362 e. The van der Waals surface area contributed by atoms with Gasteiger partial charge in [0.1, 0.15) is 0 Å². The molecule has 0 bridgehead atoms. The Balaban J connectivity index is 2.18. The van der Waals surface area contributed by atoms with Crippen LogP contribution >= 0.6 is 11.8 Å². The number of hydrogen-bond acceptors (Lipinski definition) is 3. The van der Waals surface area contributed by atoms with Crippen molar-refractivity contribution in [2.45, 2.75) is 58.5 Å². The Bertz CT molecular complexity index is 170. The first kappa shape index (κ1) is 15.3. The zero-order valence-corrected chi connectivity index (χ0v) is 12.4. The van der Waals surface area contributed by atoms with E-state index in [1.165, 1.54) is 57.4 Å². The van der Waals surface area contributed by atoms with Gasteiger partial charge >= 0.3 is 0 Å². The summed E-state index contributed by atoms with van der Waals surface area (Å²) < 4.78 is 6.08. The van der Waals surface area contributed by atoms with Crippen molar-refractivity contribution in [1.29, 1.82) is 0 Å². The number of ether oxygens (including phenoxy) is 1. The lowest BCUT2D eigenvalue weighted by molar-refractivity contribution is -0.0145. The van der Waals surface area contributed by atoms with Gasteiger partial charge in [0.05, 0.1) is 12.8 Å². The van der Waals surface area contributed by atoms with Gasteiger partial charge in [-0.2, -0.15) is 11.8 Å². The SMILES string of the molecule is CCCC(CSCC)OCN1CCCCCC1. The zero-order chi connectivity index (χ0) is 12.3. The number of rotatable bonds is 8. The Hall–Kier alpha value is 0.270. The fourth-order valence-electron chi connectivity index (χ4n) is 2.26. The fraction of sp³-hybridized carbons (Fsp3) is 1.00. The highest BCUT2D eigenvalue weighted by atomic mass is 32.2. The van der Waals surface area contributed by atoms with Gasteiger partial charge in [-0.15, -0.1) is 0 Å². The molecule has 1 aliphatic heterocycles. The second-order valence-corrected chi connectivity index (χ2v) is 6.22. The molecule has 0 N–H and O–H groups in total. The van der Waals surface area contributed by atoms with Crippen LogP contribution in [-0.4, -0.2) is 42.3 Å². The standard InChI is InChI=1S/C14H29NOS/c1-3-9-14(12-17-4-2)16-13-15-10-7-5-6-8-11-15/h14H,3-13H2,1-2H3. The molecule has 1 unspecified atom stereocenters. The molecule has 17 heavy (non-hydrogen) atoms. The average Bonchev–Trinajstić information content (AvgIpc) is 2.61. The molecule has 0 amide bonds. The van der Waals surface area contributed by atoms with Gasteiger partial charge in [0.25, 0.3) is 0 Å². The summed E-state index contributed by atoms with van der Waals surface area (Å²) in [4.78, 5) is 2.49. The number of likely N-dealkylation sites (tertiary alicyclic amines) is 1. The number of nitrogens with zero attached hydrogens (tertiary/aromatic N) is 1. The summed E-state index contributed by atoms with van der Waals surface area (Å²) in [5, 5.41) is 0. The molecule has 1 saturated heterocycles. The van der Waals surface area contributed by atoms with Crippen LogP contribution < -0.4 is 0 Å². The molecule has 102 valence electrons. The predicted molar refractivity (Wildman–Crippen MR) is 77.7 cm³/mol. The van der Waals surface area contributed by atoms with Crippen molar-refractivity contribution in [3.05, 3.63) is 0 Å². The quantitative estimate of drug-likeness (QED) is 0.658. The second-order valence-electron chi connectivity index (χ2n) is 4.90. The van der Waals surface area contributed by atoms with E-state index in [4.69, 9.17) is 4.74 Å². The van der Waals surface area contributed by atoms with Crippen LogP contribution in [0.2, 0.25) is 0 Å². The molecule has 0 saturated carbocycles. The Morgan fingerprint density at radius 2 is 1.82 bits per heavy atom. The molecule has 1 aliphatic rings. The van der Waals surface area contributed by atoms with Crippen molar-refractivity contribution < 1.29 is 4.74 Å². The molecule has 0 aromatic heterocycles. The molecule has 0 aliphatic carbocycles. The van der Waals surface area contributed by atoms with Crippen molar-refractivity contribution in [3.63, 3.8) is 0 Å². The van der Waals surface area contributed by atoms with Gasteiger partial charge in [-0.3, -0.25) is 4.90 Å². The minimum atomic E-state index is 0.466. The van der Waals surface area contributed by atoms with E-state index in [0.29, 0.717) is 6.10 Å². The van der Waals surface area contributed by atoms with Gasteiger partial charge in [0, 0.05) is 18.8 Å². The summed E-state index contributed by atoms with van der Waals surface area (Å²) in [5.41, 5.74) is 0. The third-order valence-corrected chi connectivity index (χ3v) is 4.33. The molecule has 1 atom stereocenters. The monoisotopic (exact) mass is 259 g/mol. The van der Waals surface area contributed by atoms with E-state index in [-0.39, 0.29) is 0 Å². The first-order valence-electron chi connectivity index (χ1n) is 7.28. The van der Waals surface area contributed by atoms with Crippen molar-refractivity contribution in [1.82, 2.24) is 4.90 Å². The first-order valence-corrected chi connectivity index (χ1v) is 8.44. The minimum absolute atomic E-state index is 0.466. The maximum atomic E-state index is 6.08. The maximum Gasteiger partial charge on any atom is 0.0994 e. The van der Waals surface area contributed by atoms with E-state index in [1.807, 2.05) is 11.8 Å². The van der Waals surface area contributed by atoms with Crippen molar-refractivity contribution in [2.75, 3.05) is 31.3 Å². The van der Waals surface area contributed by atoms with Gasteiger partial charge in [-0.05, 0) is 25.0 Å². The van der Waals surface area contributed by atoms with Crippen LogP contribution in [0, 0.1) is 0 Å². The lowest BCUT2D eigenvalue weighted by Crippen LogP contribution is -2.31. The molecule has 3 heteroatoms. The number of hydrogen-bond donors (Lipinski definition) is 0. The Kier molecular flexibility index (Phi) is 9.21. The Labute approximate surface area is 111 Å². The fourth-order valence-corrected chi connectivity index (χ4v) is 3.02. The summed E-state index contributed by atoms with van der Waals surface area (Å²) in [6.45, 7) is 7.80. The molecule has 0 aromatic carbocycles. The van der Waals surface area contributed by atoms with Crippen LogP contribution in [0.1, 0.15) is 52.4 Å². The molecule has 1 fully saturated rings. The van der Waals surface area contributed by atoms with Crippen molar-refractivity contribution in [3.8, 4) is 0 Å². The third kappa shape index (κ3) is 7.32. The highest BCUT2D eigenvalue weighted by Crippen LogP contribution is 2.13. The van der Waals surface area contributed by atoms with Crippen LogP contribution in [0.3, 0.4) is 0 Å². The van der Waals surface area contributed by atoms with Gasteiger partial charge < -0.3 is 4.74 Å². The lowest BCUT2D eigenvalue weighted by atomic mass is 10.2. The smallest absolute Gasteiger partial charge is 0.0994 e. The van der Waals surface area contributed by atoms with Crippen LogP contribution in [0.5, 0.6) is 0 Å². The normalized spacial score (nSPS) is 20.1. The zero-order valence-electron chi connectivity index (χ0n) is 11.6. The minimum Gasteiger partial charge on any atom is -0.362 e. The molecule has 1 heterocycles. The molecule has 0 radical (unpaired) electrons. The first-order chi connectivity index (χ1) is 8.36. The summed E-state index contributed by atoms with van der Waals surface area (Å²) >= 11 is 2.00. The molecular weight excluding hydrogens is 230 g/mol. The maximum absolute atomic E-state index is 6.08. The Morgan fingerprint density at radius 1 is 1.12 bits per heavy atom. The van der Waals surface area contributed by atoms with E-state index in [0.717, 1.165) is 12.5 Å². The van der Waals surface area contributed by atoms with Crippen LogP contribution in [-0.2, 0) is 4.74 Å². The molecule has 1 rings (SSSR count). The van der Waals surface area contributed by atoms with Crippen molar-refractivity contribution in [2.24, 2.45) is 0 Å². The summed E-state index contributed by atoms with van der Waals surface area (Å²) in [6, 6.07) is 0. The second kappa shape index (κ2) is 10.2. The molecule has 0 spiro atoms. The molecule has 0 aromatic rings. The van der Waals surface area contributed by atoms with Gasteiger partial charge in [-0.1, -0.05) is 33.1 Å². The number of thioether (sulfide) groups is 1. The van der Waals surface area contributed by atoms with E-state index in [9.17, 15) is 0 Å². The topological polar surface area (TPSA) is 12.5 Å². The summed E-state index contributed by atoms with van der Waals surface area (Å²) in [5.74, 6) is 2.37. The Morgan fingerprint density at radius 3 is 2.41 bits per heavy atom. The van der Waals surface area contributed by atoms with Gasteiger partial charge in [-0.25, -0.2) is 0 Å². The van der Waals surface area contributed by atoms with E-state index < -0.39 is 0 Å².